The molecule has 1 nitrogen and oxygen atoms in total. The third-order valence-corrected chi connectivity index (χ3v) is 5.81. The molecule has 0 aliphatic carbocycles. The summed E-state index contributed by atoms with van der Waals surface area (Å²) in [6.07, 6.45) is 5.21. The number of benzene rings is 1. The lowest BCUT2D eigenvalue weighted by Gasteiger charge is -2.42. The fourth-order valence-corrected chi connectivity index (χ4v) is 4.14. The second-order valence-electron chi connectivity index (χ2n) is 5.57. The van der Waals surface area contributed by atoms with Gasteiger partial charge in [-0.1, -0.05) is 60.3 Å². The lowest BCUT2D eigenvalue weighted by molar-refractivity contribution is 0.199. The van der Waals surface area contributed by atoms with Gasteiger partial charge in [0.1, 0.15) is 0 Å². The van der Waals surface area contributed by atoms with Gasteiger partial charge in [0.25, 0.3) is 0 Å². The van der Waals surface area contributed by atoms with Crippen molar-refractivity contribution in [2.75, 3.05) is 18.0 Å². The summed E-state index contributed by atoms with van der Waals surface area (Å²) >= 11 is 9.87. The van der Waals surface area contributed by atoms with Crippen LogP contribution in [0.2, 0.25) is 5.02 Å². The topological polar surface area (TPSA) is 3.24 Å². The molecule has 0 spiro atoms. The molecule has 19 heavy (non-hydrogen) atoms. The third kappa shape index (κ3) is 3.11. The summed E-state index contributed by atoms with van der Waals surface area (Å²) in [6, 6.07) is 6.24. The largest absolute Gasteiger partial charge is 0.371 e. The Bertz CT molecular complexity index is 419. The molecule has 0 saturated carbocycles. The van der Waals surface area contributed by atoms with Crippen molar-refractivity contribution in [1.82, 2.24) is 0 Å². The Morgan fingerprint density at radius 3 is 2.37 bits per heavy atom. The van der Waals surface area contributed by atoms with E-state index in [-0.39, 0.29) is 0 Å². The van der Waals surface area contributed by atoms with E-state index in [4.69, 9.17) is 11.6 Å². The Kier molecular flexibility index (Phi) is 5.19. The number of rotatable bonds is 4. The first kappa shape index (κ1) is 15.2. The van der Waals surface area contributed by atoms with E-state index in [1.54, 1.807) is 0 Å². The Hall–Kier alpha value is -0.210. The predicted octanol–water partition coefficient (Wildman–Crippen LogP) is 5.64. The minimum atomic E-state index is 0.573. The Labute approximate surface area is 130 Å². The van der Waals surface area contributed by atoms with Crippen LogP contribution in [-0.4, -0.2) is 13.1 Å². The second-order valence-corrected chi connectivity index (χ2v) is 6.53. The van der Waals surface area contributed by atoms with Crippen molar-refractivity contribution < 1.29 is 0 Å². The van der Waals surface area contributed by atoms with Crippen LogP contribution >= 0.6 is 27.5 Å². The van der Waals surface area contributed by atoms with Crippen molar-refractivity contribution in [3.63, 3.8) is 0 Å². The second kappa shape index (κ2) is 6.49. The van der Waals surface area contributed by atoms with Crippen LogP contribution < -0.4 is 4.90 Å². The van der Waals surface area contributed by atoms with Crippen molar-refractivity contribution in [3.8, 4) is 0 Å². The van der Waals surface area contributed by atoms with Gasteiger partial charge in [-0.25, -0.2) is 0 Å². The fourth-order valence-electron chi connectivity index (χ4n) is 3.15. The summed E-state index contributed by atoms with van der Waals surface area (Å²) in [6.45, 7) is 6.98. The molecule has 106 valence electrons. The minimum Gasteiger partial charge on any atom is -0.371 e. The highest BCUT2D eigenvalue weighted by molar-refractivity contribution is 9.08. The van der Waals surface area contributed by atoms with Crippen molar-refractivity contribution in [2.45, 2.75) is 44.9 Å². The number of halogens is 2. The quantitative estimate of drug-likeness (QED) is 0.639. The first-order chi connectivity index (χ1) is 9.15. The normalized spacial score (nSPS) is 18.6. The standard InChI is InChI=1S/C16H23BrClN/c1-3-16(4-2)8-10-19(11-9-16)15-7-5-6-14(18)13(15)12-17/h5-7H,3-4,8-12H2,1-2H3. The van der Waals surface area contributed by atoms with E-state index in [1.807, 2.05) is 6.07 Å². The maximum absolute atomic E-state index is 6.30. The van der Waals surface area contributed by atoms with Gasteiger partial charge in [0.2, 0.25) is 0 Å². The summed E-state index contributed by atoms with van der Waals surface area (Å²) in [7, 11) is 0. The van der Waals surface area contributed by atoms with Crippen LogP contribution in [0.1, 0.15) is 45.1 Å². The van der Waals surface area contributed by atoms with Crippen molar-refractivity contribution in [3.05, 3.63) is 28.8 Å². The molecule has 3 heteroatoms. The number of anilines is 1. The number of hydrogen-bond acceptors (Lipinski definition) is 1. The Balaban J connectivity index is 2.16. The van der Waals surface area contributed by atoms with Crippen LogP contribution in [-0.2, 0) is 5.33 Å². The summed E-state index contributed by atoms with van der Waals surface area (Å²) in [5.41, 5.74) is 3.11. The molecule has 1 fully saturated rings. The first-order valence-corrected chi connectivity index (χ1v) is 8.74. The zero-order valence-corrected chi connectivity index (χ0v) is 14.2. The molecular formula is C16H23BrClN. The summed E-state index contributed by atoms with van der Waals surface area (Å²) in [5.74, 6) is 0. The highest BCUT2D eigenvalue weighted by atomic mass is 79.9. The molecule has 0 bridgehead atoms. The van der Waals surface area contributed by atoms with Crippen LogP contribution in [0.15, 0.2) is 18.2 Å². The highest BCUT2D eigenvalue weighted by Crippen LogP contribution is 2.40. The molecule has 0 amide bonds. The molecule has 1 aliphatic rings. The molecular weight excluding hydrogens is 322 g/mol. The van der Waals surface area contributed by atoms with Crippen LogP contribution in [0.25, 0.3) is 0 Å². The van der Waals surface area contributed by atoms with E-state index >= 15 is 0 Å². The molecule has 1 aliphatic heterocycles. The fraction of sp³-hybridized carbons (Fsp3) is 0.625. The molecule has 1 aromatic rings. The summed E-state index contributed by atoms with van der Waals surface area (Å²) in [4.78, 5) is 2.51. The van der Waals surface area contributed by atoms with E-state index in [0.29, 0.717) is 5.41 Å². The number of alkyl halides is 1. The van der Waals surface area contributed by atoms with Crippen LogP contribution in [0.4, 0.5) is 5.69 Å². The number of nitrogens with zero attached hydrogens (tertiary/aromatic N) is 1. The SMILES string of the molecule is CCC1(CC)CCN(c2cccc(Cl)c2CBr)CC1. The van der Waals surface area contributed by atoms with Gasteiger partial charge in [-0.2, -0.15) is 0 Å². The monoisotopic (exact) mass is 343 g/mol. The zero-order chi connectivity index (χ0) is 13.9. The molecule has 1 saturated heterocycles. The van der Waals surface area contributed by atoms with Gasteiger partial charge in [0.05, 0.1) is 0 Å². The van der Waals surface area contributed by atoms with E-state index < -0.39 is 0 Å². The highest BCUT2D eigenvalue weighted by Gasteiger charge is 2.31. The number of piperidine rings is 1. The Morgan fingerprint density at radius 2 is 1.84 bits per heavy atom. The van der Waals surface area contributed by atoms with Gasteiger partial charge in [-0.15, -0.1) is 0 Å². The predicted molar refractivity (Wildman–Crippen MR) is 88.5 cm³/mol. The average molecular weight is 345 g/mol. The molecule has 0 N–H and O–H groups in total. The van der Waals surface area contributed by atoms with E-state index in [1.165, 1.54) is 36.9 Å². The van der Waals surface area contributed by atoms with Gasteiger partial charge in [0.15, 0.2) is 0 Å². The van der Waals surface area contributed by atoms with E-state index in [2.05, 4.69) is 46.8 Å². The summed E-state index contributed by atoms with van der Waals surface area (Å²) < 4.78 is 0. The zero-order valence-electron chi connectivity index (χ0n) is 11.9. The lowest BCUT2D eigenvalue weighted by atomic mass is 9.74. The van der Waals surface area contributed by atoms with E-state index in [0.717, 1.165) is 23.4 Å². The Morgan fingerprint density at radius 1 is 1.21 bits per heavy atom. The maximum Gasteiger partial charge on any atom is 0.0467 e. The third-order valence-electron chi connectivity index (χ3n) is 4.89. The van der Waals surface area contributed by atoms with Gasteiger partial charge in [-0.05, 0) is 30.4 Å². The molecule has 1 aromatic carbocycles. The lowest BCUT2D eigenvalue weighted by Crippen LogP contribution is -2.40. The van der Waals surface area contributed by atoms with Crippen LogP contribution in [0.3, 0.4) is 0 Å². The summed E-state index contributed by atoms with van der Waals surface area (Å²) in [5, 5.41) is 1.70. The smallest absolute Gasteiger partial charge is 0.0467 e. The first-order valence-electron chi connectivity index (χ1n) is 7.24. The van der Waals surface area contributed by atoms with Gasteiger partial charge in [0, 0.05) is 34.7 Å². The van der Waals surface area contributed by atoms with E-state index in [9.17, 15) is 0 Å². The molecule has 0 unspecified atom stereocenters. The maximum atomic E-state index is 6.30. The molecule has 2 rings (SSSR count). The van der Waals surface area contributed by atoms with Gasteiger partial charge in [-0.3, -0.25) is 0 Å². The molecule has 0 aromatic heterocycles. The average Bonchev–Trinajstić information content (AvgIpc) is 2.47. The van der Waals surface area contributed by atoms with Crippen molar-refractivity contribution in [2.24, 2.45) is 5.41 Å². The molecule has 0 radical (unpaired) electrons. The van der Waals surface area contributed by atoms with Crippen molar-refractivity contribution >= 4 is 33.2 Å². The van der Waals surface area contributed by atoms with Crippen LogP contribution in [0.5, 0.6) is 0 Å². The molecule has 1 heterocycles. The van der Waals surface area contributed by atoms with Gasteiger partial charge < -0.3 is 4.90 Å². The van der Waals surface area contributed by atoms with Gasteiger partial charge >= 0.3 is 0 Å². The minimum absolute atomic E-state index is 0.573. The van der Waals surface area contributed by atoms with Crippen LogP contribution in [0, 0.1) is 5.41 Å². The number of hydrogen-bond donors (Lipinski definition) is 0. The van der Waals surface area contributed by atoms with Crippen molar-refractivity contribution in [1.29, 1.82) is 0 Å². The molecule has 0 atom stereocenters.